The maximum atomic E-state index is 13.2. The Bertz CT molecular complexity index is 1030. The fourth-order valence-corrected chi connectivity index (χ4v) is 4.08. The molecule has 7 nitrogen and oxygen atoms in total. The Hall–Kier alpha value is -3.48. The summed E-state index contributed by atoms with van der Waals surface area (Å²) in [6.07, 6.45) is 4.70. The van der Waals surface area contributed by atoms with Crippen LogP contribution in [0.3, 0.4) is 0 Å². The van der Waals surface area contributed by atoms with Crippen molar-refractivity contribution < 1.29 is 19.0 Å². The number of anilines is 1. The van der Waals surface area contributed by atoms with Gasteiger partial charge in [-0.25, -0.2) is 4.68 Å². The summed E-state index contributed by atoms with van der Waals surface area (Å²) in [7, 11) is 4.58. The van der Waals surface area contributed by atoms with Crippen molar-refractivity contribution in [2.24, 2.45) is 0 Å². The summed E-state index contributed by atoms with van der Waals surface area (Å²) in [6, 6.07) is 15.1. The summed E-state index contributed by atoms with van der Waals surface area (Å²) in [5.74, 6) is 2.08. The number of rotatable bonds is 7. The molecule has 1 heterocycles. The maximum Gasteiger partial charge on any atom is 0.257 e. The van der Waals surface area contributed by atoms with Crippen LogP contribution in [0.2, 0.25) is 0 Å². The molecule has 0 bridgehead atoms. The van der Waals surface area contributed by atoms with Crippen LogP contribution < -0.4 is 19.5 Å². The highest BCUT2D eigenvalue weighted by atomic mass is 16.5. The van der Waals surface area contributed by atoms with Crippen molar-refractivity contribution in [1.82, 2.24) is 9.78 Å². The standard InChI is InChI=1S/C24H27N3O4/c1-29-20-13-17(14-21(30-2)23(20)31-3)24(28)25-22-15-19(16-9-7-8-10-16)26-27(22)18-11-5-4-6-12-18/h4-6,11-16H,7-10H2,1-3H3,(H,25,28). The van der Waals surface area contributed by atoms with E-state index >= 15 is 0 Å². The van der Waals surface area contributed by atoms with E-state index in [0.717, 1.165) is 24.2 Å². The van der Waals surface area contributed by atoms with E-state index in [2.05, 4.69) is 5.32 Å². The monoisotopic (exact) mass is 421 g/mol. The van der Waals surface area contributed by atoms with Crippen molar-refractivity contribution in [2.45, 2.75) is 31.6 Å². The van der Waals surface area contributed by atoms with Gasteiger partial charge in [-0.2, -0.15) is 5.10 Å². The second-order valence-corrected chi connectivity index (χ2v) is 7.55. The highest BCUT2D eigenvalue weighted by Gasteiger charge is 2.23. The lowest BCUT2D eigenvalue weighted by Gasteiger charge is -2.14. The molecule has 162 valence electrons. The van der Waals surface area contributed by atoms with Gasteiger partial charge in [-0.15, -0.1) is 0 Å². The van der Waals surface area contributed by atoms with E-state index in [1.807, 2.05) is 36.4 Å². The Morgan fingerprint density at radius 3 is 2.19 bits per heavy atom. The van der Waals surface area contributed by atoms with Gasteiger partial charge in [0.05, 0.1) is 32.7 Å². The Kier molecular flexibility index (Phi) is 6.11. The van der Waals surface area contributed by atoms with Crippen LogP contribution in [0.4, 0.5) is 5.82 Å². The van der Waals surface area contributed by atoms with E-state index in [9.17, 15) is 4.79 Å². The second kappa shape index (κ2) is 9.12. The minimum absolute atomic E-state index is 0.283. The van der Waals surface area contributed by atoms with Gasteiger partial charge in [0, 0.05) is 17.5 Å². The van der Waals surface area contributed by atoms with Crippen LogP contribution in [0.15, 0.2) is 48.5 Å². The minimum Gasteiger partial charge on any atom is -0.493 e. The maximum absolute atomic E-state index is 13.2. The van der Waals surface area contributed by atoms with Gasteiger partial charge in [-0.3, -0.25) is 4.79 Å². The van der Waals surface area contributed by atoms with Gasteiger partial charge < -0.3 is 19.5 Å². The Labute approximate surface area is 181 Å². The number of nitrogens with zero attached hydrogens (tertiary/aromatic N) is 2. The first-order chi connectivity index (χ1) is 15.1. The van der Waals surface area contributed by atoms with E-state index in [1.165, 1.54) is 34.2 Å². The molecule has 1 aromatic heterocycles. The molecule has 0 atom stereocenters. The number of amides is 1. The van der Waals surface area contributed by atoms with Gasteiger partial charge in [0.2, 0.25) is 5.75 Å². The molecular weight excluding hydrogens is 394 g/mol. The SMILES string of the molecule is COc1cc(C(=O)Nc2cc(C3CCCC3)nn2-c2ccccc2)cc(OC)c1OC. The predicted octanol–water partition coefficient (Wildman–Crippen LogP) is 4.81. The number of hydrogen-bond acceptors (Lipinski definition) is 5. The number of nitrogens with one attached hydrogen (secondary N) is 1. The summed E-state index contributed by atoms with van der Waals surface area (Å²) in [5, 5.41) is 7.86. The van der Waals surface area contributed by atoms with Gasteiger partial charge in [0.15, 0.2) is 11.5 Å². The van der Waals surface area contributed by atoms with Gasteiger partial charge in [-0.05, 0) is 37.1 Å². The first-order valence-electron chi connectivity index (χ1n) is 10.4. The summed E-state index contributed by atoms with van der Waals surface area (Å²) >= 11 is 0. The predicted molar refractivity (Wildman–Crippen MR) is 119 cm³/mol. The molecule has 0 radical (unpaired) electrons. The molecular formula is C24H27N3O4. The van der Waals surface area contributed by atoms with Crippen molar-refractivity contribution in [2.75, 3.05) is 26.6 Å². The number of para-hydroxylation sites is 1. The van der Waals surface area contributed by atoms with E-state index in [-0.39, 0.29) is 5.91 Å². The molecule has 3 aromatic rings. The number of carbonyl (C=O) groups is 1. The van der Waals surface area contributed by atoms with Crippen LogP contribution in [0.5, 0.6) is 17.2 Å². The van der Waals surface area contributed by atoms with E-state index in [0.29, 0.717) is 34.5 Å². The number of ether oxygens (including phenoxy) is 3. The molecule has 2 aromatic carbocycles. The molecule has 0 saturated heterocycles. The van der Waals surface area contributed by atoms with Crippen molar-refractivity contribution in [3.05, 3.63) is 59.8 Å². The molecule has 31 heavy (non-hydrogen) atoms. The van der Waals surface area contributed by atoms with E-state index in [1.54, 1.807) is 16.8 Å². The lowest BCUT2D eigenvalue weighted by molar-refractivity contribution is 0.102. The van der Waals surface area contributed by atoms with Crippen LogP contribution >= 0.6 is 0 Å². The zero-order chi connectivity index (χ0) is 21.8. The molecule has 7 heteroatoms. The smallest absolute Gasteiger partial charge is 0.257 e. The molecule has 0 unspecified atom stereocenters. The molecule has 1 amide bonds. The number of carbonyl (C=O) groups excluding carboxylic acids is 1. The Morgan fingerprint density at radius 1 is 0.968 bits per heavy atom. The highest BCUT2D eigenvalue weighted by Crippen LogP contribution is 2.39. The topological polar surface area (TPSA) is 74.6 Å². The summed E-state index contributed by atoms with van der Waals surface area (Å²) in [4.78, 5) is 13.2. The van der Waals surface area contributed by atoms with Crippen molar-refractivity contribution >= 4 is 11.7 Å². The van der Waals surface area contributed by atoms with E-state index in [4.69, 9.17) is 19.3 Å². The molecule has 4 rings (SSSR count). The molecule has 0 aliphatic heterocycles. The van der Waals surface area contributed by atoms with E-state index < -0.39 is 0 Å². The number of aromatic nitrogens is 2. The third-order valence-electron chi connectivity index (χ3n) is 5.67. The summed E-state index contributed by atoms with van der Waals surface area (Å²) in [6.45, 7) is 0. The summed E-state index contributed by atoms with van der Waals surface area (Å²) in [5.41, 5.74) is 2.31. The van der Waals surface area contributed by atoms with Crippen LogP contribution in [-0.4, -0.2) is 37.0 Å². The first-order valence-corrected chi connectivity index (χ1v) is 10.4. The normalized spacial score (nSPS) is 13.8. The Morgan fingerprint density at radius 2 is 1.61 bits per heavy atom. The zero-order valence-corrected chi connectivity index (χ0v) is 18.1. The van der Waals surface area contributed by atoms with Crippen LogP contribution in [0, 0.1) is 0 Å². The fraction of sp³-hybridized carbons (Fsp3) is 0.333. The number of methoxy groups -OCH3 is 3. The van der Waals surface area contributed by atoms with Crippen molar-refractivity contribution in [3.63, 3.8) is 0 Å². The molecule has 1 fully saturated rings. The average Bonchev–Trinajstić information content (AvgIpc) is 3.48. The molecule has 0 spiro atoms. The fourth-order valence-electron chi connectivity index (χ4n) is 4.08. The third-order valence-corrected chi connectivity index (χ3v) is 5.67. The van der Waals surface area contributed by atoms with Gasteiger partial charge in [-0.1, -0.05) is 31.0 Å². The third kappa shape index (κ3) is 4.21. The number of hydrogen-bond donors (Lipinski definition) is 1. The van der Waals surface area contributed by atoms with Crippen molar-refractivity contribution in [3.8, 4) is 22.9 Å². The largest absolute Gasteiger partial charge is 0.493 e. The first kappa shape index (κ1) is 20.8. The lowest BCUT2D eigenvalue weighted by atomic mass is 10.0. The van der Waals surface area contributed by atoms with Crippen LogP contribution in [0.1, 0.15) is 47.7 Å². The molecule has 1 aliphatic carbocycles. The van der Waals surface area contributed by atoms with Crippen molar-refractivity contribution in [1.29, 1.82) is 0 Å². The Balaban J connectivity index is 1.69. The summed E-state index contributed by atoms with van der Waals surface area (Å²) < 4.78 is 17.9. The number of benzene rings is 2. The average molecular weight is 421 g/mol. The highest BCUT2D eigenvalue weighted by molar-refractivity contribution is 6.04. The zero-order valence-electron chi connectivity index (χ0n) is 18.1. The van der Waals surface area contributed by atoms with Gasteiger partial charge in [0.25, 0.3) is 5.91 Å². The minimum atomic E-state index is -0.283. The van der Waals surface area contributed by atoms with Crippen LogP contribution in [0.25, 0.3) is 5.69 Å². The van der Waals surface area contributed by atoms with Gasteiger partial charge in [0.1, 0.15) is 5.82 Å². The molecule has 1 saturated carbocycles. The van der Waals surface area contributed by atoms with Gasteiger partial charge >= 0.3 is 0 Å². The molecule has 1 aliphatic rings. The lowest BCUT2D eigenvalue weighted by Crippen LogP contribution is -2.15. The molecule has 1 N–H and O–H groups in total. The quantitative estimate of drug-likeness (QED) is 0.593. The second-order valence-electron chi connectivity index (χ2n) is 7.55. The van der Waals surface area contributed by atoms with Crippen LogP contribution in [-0.2, 0) is 0 Å².